The molecular weight excluding hydrogens is 388 g/mol. The number of anilines is 1. The highest BCUT2D eigenvalue weighted by Gasteiger charge is 2.11. The molecule has 3 aromatic rings. The molecule has 0 spiro atoms. The number of hydrogen-bond donors (Lipinski definition) is 2. The Kier molecular flexibility index (Phi) is 5.78. The zero-order valence-corrected chi connectivity index (χ0v) is 15.9. The quantitative estimate of drug-likeness (QED) is 0.683. The van der Waals surface area contributed by atoms with Crippen molar-refractivity contribution in [2.45, 2.75) is 20.4 Å². The summed E-state index contributed by atoms with van der Waals surface area (Å²) in [5.74, 6) is -1.42. The number of aryl methyl sites for hydroxylation is 2. The standard InChI is InChI=1S/C18H17F2N5O2S/c1-10-17(28-11(2)22-10)14-5-6-16(26)25(24-14)8-7-21-18(27)23-15-9-12(19)3-4-13(15)20/h3-6,9H,7-8H2,1-2H3,(H2,21,23,27). The summed E-state index contributed by atoms with van der Waals surface area (Å²) >= 11 is 1.48. The molecule has 7 nitrogen and oxygen atoms in total. The van der Waals surface area contributed by atoms with Gasteiger partial charge in [-0.1, -0.05) is 0 Å². The first-order valence-electron chi connectivity index (χ1n) is 8.36. The van der Waals surface area contributed by atoms with Crippen molar-refractivity contribution in [2.75, 3.05) is 11.9 Å². The zero-order chi connectivity index (χ0) is 20.3. The number of aromatic nitrogens is 3. The minimum absolute atomic E-state index is 0.0693. The number of urea groups is 1. The van der Waals surface area contributed by atoms with Crippen molar-refractivity contribution in [3.63, 3.8) is 0 Å². The van der Waals surface area contributed by atoms with Crippen LogP contribution in [0, 0.1) is 25.5 Å². The van der Waals surface area contributed by atoms with Gasteiger partial charge >= 0.3 is 6.03 Å². The highest BCUT2D eigenvalue weighted by molar-refractivity contribution is 7.15. The van der Waals surface area contributed by atoms with Gasteiger partial charge in [-0.2, -0.15) is 5.10 Å². The van der Waals surface area contributed by atoms with E-state index in [2.05, 4.69) is 20.7 Å². The van der Waals surface area contributed by atoms with Gasteiger partial charge in [0.1, 0.15) is 17.3 Å². The van der Waals surface area contributed by atoms with Crippen LogP contribution in [0.15, 0.2) is 35.1 Å². The summed E-state index contributed by atoms with van der Waals surface area (Å²) < 4.78 is 27.9. The second-order valence-corrected chi connectivity index (χ2v) is 7.14. The SMILES string of the molecule is Cc1nc(C)c(-c2ccc(=O)n(CCNC(=O)Nc3cc(F)ccc3F)n2)s1. The number of nitrogens with zero attached hydrogens (tertiary/aromatic N) is 3. The van der Waals surface area contributed by atoms with Crippen LogP contribution in [0.1, 0.15) is 10.7 Å². The first kappa shape index (κ1) is 19.6. The first-order chi connectivity index (χ1) is 13.3. The van der Waals surface area contributed by atoms with Gasteiger partial charge in [0.25, 0.3) is 5.56 Å². The Balaban J connectivity index is 1.64. The molecular formula is C18H17F2N5O2S. The molecule has 0 bridgehead atoms. The van der Waals surface area contributed by atoms with E-state index in [1.807, 2.05) is 13.8 Å². The van der Waals surface area contributed by atoms with Gasteiger partial charge in [-0.25, -0.2) is 23.2 Å². The Labute approximate surface area is 163 Å². The van der Waals surface area contributed by atoms with E-state index in [1.165, 1.54) is 22.1 Å². The van der Waals surface area contributed by atoms with Gasteiger partial charge in [-0.3, -0.25) is 4.79 Å². The minimum Gasteiger partial charge on any atom is -0.336 e. The molecule has 2 amide bonds. The molecule has 0 aliphatic rings. The molecule has 0 saturated heterocycles. The van der Waals surface area contributed by atoms with Crippen molar-refractivity contribution in [2.24, 2.45) is 0 Å². The summed E-state index contributed by atoms with van der Waals surface area (Å²) in [6, 6.07) is 5.07. The summed E-state index contributed by atoms with van der Waals surface area (Å²) in [5.41, 5.74) is 0.857. The summed E-state index contributed by atoms with van der Waals surface area (Å²) in [5, 5.41) is 9.91. The van der Waals surface area contributed by atoms with Crippen molar-refractivity contribution >= 4 is 23.1 Å². The third-order valence-electron chi connectivity index (χ3n) is 3.79. The molecule has 0 unspecified atom stereocenters. The van der Waals surface area contributed by atoms with E-state index >= 15 is 0 Å². The van der Waals surface area contributed by atoms with Gasteiger partial charge in [0.05, 0.1) is 27.8 Å². The Morgan fingerprint density at radius 2 is 2.00 bits per heavy atom. The van der Waals surface area contributed by atoms with Crippen molar-refractivity contribution in [1.29, 1.82) is 0 Å². The van der Waals surface area contributed by atoms with Gasteiger partial charge < -0.3 is 10.6 Å². The number of carbonyl (C=O) groups excluding carboxylic acids is 1. The van der Waals surface area contributed by atoms with Crippen molar-refractivity contribution in [3.05, 3.63) is 63.0 Å². The van der Waals surface area contributed by atoms with Crippen molar-refractivity contribution < 1.29 is 13.6 Å². The van der Waals surface area contributed by atoms with Gasteiger partial charge in [0, 0.05) is 18.7 Å². The van der Waals surface area contributed by atoms with E-state index in [-0.39, 0.29) is 24.3 Å². The molecule has 0 aliphatic heterocycles. The highest BCUT2D eigenvalue weighted by atomic mass is 32.1. The van der Waals surface area contributed by atoms with Crippen LogP contribution < -0.4 is 16.2 Å². The molecule has 0 aliphatic carbocycles. The highest BCUT2D eigenvalue weighted by Crippen LogP contribution is 2.27. The largest absolute Gasteiger partial charge is 0.336 e. The molecule has 2 N–H and O–H groups in total. The number of nitrogens with one attached hydrogen (secondary N) is 2. The average molecular weight is 405 g/mol. The minimum atomic E-state index is -0.752. The van der Waals surface area contributed by atoms with Crippen LogP contribution in [0.3, 0.4) is 0 Å². The number of rotatable bonds is 5. The molecule has 10 heteroatoms. The van der Waals surface area contributed by atoms with Crippen LogP contribution in [0.25, 0.3) is 10.6 Å². The third-order valence-corrected chi connectivity index (χ3v) is 4.88. The van der Waals surface area contributed by atoms with Gasteiger partial charge in [-0.15, -0.1) is 11.3 Å². The van der Waals surface area contributed by atoms with E-state index in [4.69, 9.17) is 0 Å². The van der Waals surface area contributed by atoms with E-state index in [0.29, 0.717) is 5.69 Å². The van der Waals surface area contributed by atoms with E-state index in [9.17, 15) is 18.4 Å². The molecule has 0 saturated carbocycles. The molecule has 2 aromatic heterocycles. The Morgan fingerprint density at radius 1 is 1.21 bits per heavy atom. The first-order valence-corrected chi connectivity index (χ1v) is 9.17. The molecule has 1 aromatic carbocycles. The predicted molar refractivity (Wildman–Crippen MR) is 102 cm³/mol. The average Bonchev–Trinajstić information content (AvgIpc) is 2.98. The maximum absolute atomic E-state index is 13.5. The van der Waals surface area contributed by atoms with Gasteiger partial charge in [0.2, 0.25) is 0 Å². The van der Waals surface area contributed by atoms with Crippen molar-refractivity contribution in [3.8, 4) is 10.6 Å². The number of thiazole rings is 1. The second kappa shape index (κ2) is 8.26. The fraction of sp³-hybridized carbons (Fsp3) is 0.222. The summed E-state index contributed by atoms with van der Waals surface area (Å²) in [6.07, 6.45) is 0. The smallest absolute Gasteiger partial charge is 0.319 e. The lowest BCUT2D eigenvalue weighted by atomic mass is 10.3. The molecule has 0 fully saturated rings. The van der Waals surface area contributed by atoms with Crippen LogP contribution in [0.4, 0.5) is 19.3 Å². The predicted octanol–water partition coefficient (Wildman–Crippen LogP) is 3.08. The lowest BCUT2D eigenvalue weighted by molar-refractivity contribution is 0.251. The number of amides is 2. The molecule has 28 heavy (non-hydrogen) atoms. The molecule has 2 heterocycles. The lowest BCUT2D eigenvalue weighted by Gasteiger charge is -2.10. The fourth-order valence-corrected chi connectivity index (χ4v) is 3.42. The number of benzene rings is 1. The normalized spacial score (nSPS) is 10.7. The maximum Gasteiger partial charge on any atom is 0.319 e. The van der Waals surface area contributed by atoms with Crippen LogP contribution in [-0.2, 0) is 6.54 Å². The van der Waals surface area contributed by atoms with E-state index in [1.54, 1.807) is 6.07 Å². The number of hydrogen-bond acceptors (Lipinski definition) is 5. The molecule has 0 atom stereocenters. The third kappa shape index (κ3) is 4.58. The number of carbonyl (C=O) groups is 1. The Bertz CT molecular complexity index is 1080. The fourth-order valence-electron chi connectivity index (χ4n) is 2.53. The zero-order valence-electron chi connectivity index (χ0n) is 15.1. The monoisotopic (exact) mass is 405 g/mol. The summed E-state index contributed by atoms with van der Waals surface area (Å²) in [7, 11) is 0. The molecule has 0 radical (unpaired) electrons. The molecule has 146 valence electrons. The van der Waals surface area contributed by atoms with Crippen LogP contribution in [0.5, 0.6) is 0 Å². The van der Waals surface area contributed by atoms with Crippen molar-refractivity contribution in [1.82, 2.24) is 20.1 Å². The van der Waals surface area contributed by atoms with Crippen LogP contribution in [-0.4, -0.2) is 27.3 Å². The topological polar surface area (TPSA) is 88.9 Å². The van der Waals surface area contributed by atoms with Crippen LogP contribution >= 0.6 is 11.3 Å². The summed E-state index contributed by atoms with van der Waals surface area (Å²) in [4.78, 5) is 29.1. The van der Waals surface area contributed by atoms with Gasteiger partial charge in [0.15, 0.2) is 0 Å². The Hall–Kier alpha value is -3.14. The van der Waals surface area contributed by atoms with E-state index in [0.717, 1.165) is 33.8 Å². The lowest BCUT2D eigenvalue weighted by Crippen LogP contribution is -2.34. The number of halogens is 2. The molecule has 3 rings (SSSR count). The van der Waals surface area contributed by atoms with E-state index < -0.39 is 17.7 Å². The summed E-state index contributed by atoms with van der Waals surface area (Å²) in [6.45, 7) is 3.94. The van der Waals surface area contributed by atoms with Crippen LogP contribution in [0.2, 0.25) is 0 Å². The Morgan fingerprint density at radius 3 is 2.71 bits per heavy atom. The van der Waals surface area contributed by atoms with Gasteiger partial charge in [-0.05, 0) is 32.0 Å². The maximum atomic E-state index is 13.5. The second-order valence-electron chi connectivity index (χ2n) is 5.93.